The van der Waals surface area contributed by atoms with E-state index in [1.165, 1.54) is 0 Å². The summed E-state index contributed by atoms with van der Waals surface area (Å²) >= 11 is 0. The van der Waals surface area contributed by atoms with Gasteiger partial charge in [-0.05, 0) is 32.8 Å². The van der Waals surface area contributed by atoms with Gasteiger partial charge in [-0.1, -0.05) is 30.3 Å². The van der Waals surface area contributed by atoms with E-state index in [1.807, 2.05) is 56.0 Å². The van der Waals surface area contributed by atoms with Gasteiger partial charge in [0.05, 0.1) is 11.7 Å². The summed E-state index contributed by atoms with van der Waals surface area (Å²) in [5.74, 6) is 0.171. The van der Waals surface area contributed by atoms with Gasteiger partial charge in [0.15, 0.2) is 0 Å². The number of carbonyl (C=O) groups is 1. The SMILES string of the molecule is C[C@H]1CN(C(=O)CC[C@H](N)c2ccccc2)CC(C)(C)O1. The van der Waals surface area contributed by atoms with E-state index < -0.39 is 0 Å². The van der Waals surface area contributed by atoms with E-state index in [4.69, 9.17) is 10.5 Å². The Kier molecular flexibility index (Phi) is 5.01. The Labute approximate surface area is 127 Å². The number of hydrogen-bond acceptors (Lipinski definition) is 3. The van der Waals surface area contributed by atoms with Crippen molar-refractivity contribution >= 4 is 5.91 Å². The molecule has 1 aliphatic rings. The van der Waals surface area contributed by atoms with Crippen molar-refractivity contribution in [2.24, 2.45) is 5.73 Å². The summed E-state index contributed by atoms with van der Waals surface area (Å²) in [5, 5.41) is 0. The lowest BCUT2D eigenvalue weighted by Gasteiger charge is -2.41. The molecule has 0 saturated carbocycles. The van der Waals surface area contributed by atoms with Crippen molar-refractivity contribution in [2.75, 3.05) is 13.1 Å². The van der Waals surface area contributed by atoms with Gasteiger partial charge >= 0.3 is 0 Å². The molecule has 1 heterocycles. The first-order valence-corrected chi connectivity index (χ1v) is 7.63. The fourth-order valence-electron chi connectivity index (χ4n) is 2.95. The van der Waals surface area contributed by atoms with Crippen molar-refractivity contribution in [2.45, 2.75) is 51.4 Å². The molecule has 0 aromatic heterocycles. The fraction of sp³-hybridized carbons (Fsp3) is 0.588. The minimum absolute atomic E-state index is 0.0818. The molecule has 4 heteroatoms. The van der Waals surface area contributed by atoms with Gasteiger partial charge in [-0.3, -0.25) is 4.79 Å². The van der Waals surface area contributed by atoms with Crippen LogP contribution in [0.25, 0.3) is 0 Å². The molecule has 1 saturated heterocycles. The maximum atomic E-state index is 12.4. The summed E-state index contributed by atoms with van der Waals surface area (Å²) in [7, 11) is 0. The van der Waals surface area contributed by atoms with E-state index in [-0.39, 0.29) is 23.7 Å². The first kappa shape index (κ1) is 16.0. The van der Waals surface area contributed by atoms with Gasteiger partial charge in [0, 0.05) is 25.6 Å². The van der Waals surface area contributed by atoms with Crippen LogP contribution in [0.1, 0.15) is 45.2 Å². The molecule has 0 bridgehead atoms. The van der Waals surface area contributed by atoms with E-state index in [0.29, 0.717) is 25.9 Å². The Morgan fingerprint density at radius 1 is 1.43 bits per heavy atom. The van der Waals surface area contributed by atoms with Crippen LogP contribution in [0, 0.1) is 0 Å². The third-order valence-corrected chi connectivity index (χ3v) is 3.82. The first-order chi connectivity index (χ1) is 9.87. The Bertz CT molecular complexity index is 473. The third-order valence-electron chi connectivity index (χ3n) is 3.82. The Balaban J connectivity index is 1.87. The molecule has 0 unspecified atom stereocenters. The average Bonchev–Trinajstić information content (AvgIpc) is 2.43. The summed E-state index contributed by atoms with van der Waals surface area (Å²) in [6, 6.07) is 9.86. The molecule has 2 N–H and O–H groups in total. The second kappa shape index (κ2) is 6.58. The molecule has 2 atom stereocenters. The molecule has 0 spiro atoms. The number of rotatable bonds is 4. The topological polar surface area (TPSA) is 55.6 Å². The quantitative estimate of drug-likeness (QED) is 0.927. The molecular weight excluding hydrogens is 264 g/mol. The van der Waals surface area contributed by atoms with Crippen LogP contribution in [-0.4, -0.2) is 35.6 Å². The van der Waals surface area contributed by atoms with Crippen molar-refractivity contribution in [1.29, 1.82) is 0 Å². The molecule has 2 rings (SSSR count). The lowest BCUT2D eigenvalue weighted by molar-refractivity contribution is -0.158. The molecule has 1 fully saturated rings. The number of benzene rings is 1. The first-order valence-electron chi connectivity index (χ1n) is 7.63. The highest BCUT2D eigenvalue weighted by atomic mass is 16.5. The monoisotopic (exact) mass is 290 g/mol. The molecule has 116 valence electrons. The highest BCUT2D eigenvalue weighted by molar-refractivity contribution is 5.76. The standard InChI is InChI=1S/C17H26N2O2/c1-13-11-19(12-17(2,3)21-13)16(20)10-9-15(18)14-7-5-4-6-8-14/h4-8,13,15H,9-12,18H2,1-3H3/t13-,15-/m0/s1. The van der Waals surface area contributed by atoms with Crippen molar-refractivity contribution < 1.29 is 9.53 Å². The number of hydrogen-bond donors (Lipinski definition) is 1. The van der Waals surface area contributed by atoms with E-state index in [0.717, 1.165) is 5.56 Å². The smallest absolute Gasteiger partial charge is 0.222 e. The van der Waals surface area contributed by atoms with Crippen LogP contribution in [0.15, 0.2) is 30.3 Å². The lowest BCUT2D eigenvalue weighted by Crippen LogP contribution is -2.53. The number of nitrogens with two attached hydrogens (primary N) is 1. The van der Waals surface area contributed by atoms with Crippen LogP contribution in [0.4, 0.5) is 0 Å². The molecular formula is C17H26N2O2. The van der Waals surface area contributed by atoms with Crippen LogP contribution in [-0.2, 0) is 9.53 Å². The van der Waals surface area contributed by atoms with Gasteiger partial charge in [0.2, 0.25) is 5.91 Å². The zero-order chi connectivity index (χ0) is 15.5. The average molecular weight is 290 g/mol. The molecule has 4 nitrogen and oxygen atoms in total. The number of carbonyl (C=O) groups excluding carboxylic acids is 1. The highest BCUT2D eigenvalue weighted by Crippen LogP contribution is 2.22. The van der Waals surface area contributed by atoms with Crippen molar-refractivity contribution in [3.63, 3.8) is 0 Å². The van der Waals surface area contributed by atoms with Crippen LogP contribution in [0.5, 0.6) is 0 Å². The second-order valence-electron chi connectivity index (χ2n) is 6.52. The van der Waals surface area contributed by atoms with E-state index >= 15 is 0 Å². The van der Waals surface area contributed by atoms with Crippen molar-refractivity contribution in [3.05, 3.63) is 35.9 Å². The van der Waals surface area contributed by atoms with Gasteiger partial charge in [-0.25, -0.2) is 0 Å². The number of amides is 1. The van der Waals surface area contributed by atoms with Crippen LogP contribution in [0.3, 0.4) is 0 Å². The van der Waals surface area contributed by atoms with Crippen molar-refractivity contribution in [1.82, 2.24) is 4.90 Å². The minimum atomic E-state index is -0.269. The predicted octanol–water partition coefficient (Wildman–Crippen LogP) is 2.49. The summed E-state index contributed by atoms with van der Waals surface area (Å²) in [5.41, 5.74) is 6.97. The van der Waals surface area contributed by atoms with E-state index in [9.17, 15) is 4.79 Å². The number of morpholine rings is 1. The van der Waals surface area contributed by atoms with E-state index in [1.54, 1.807) is 0 Å². The zero-order valence-corrected chi connectivity index (χ0v) is 13.2. The summed E-state index contributed by atoms with van der Waals surface area (Å²) in [4.78, 5) is 14.3. The van der Waals surface area contributed by atoms with Crippen LogP contribution >= 0.6 is 0 Å². The molecule has 1 aromatic carbocycles. The maximum absolute atomic E-state index is 12.4. The predicted molar refractivity (Wildman–Crippen MR) is 83.8 cm³/mol. The lowest BCUT2D eigenvalue weighted by atomic mass is 10.0. The second-order valence-corrected chi connectivity index (χ2v) is 6.52. The van der Waals surface area contributed by atoms with Gasteiger partial charge in [-0.2, -0.15) is 0 Å². The Morgan fingerprint density at radius 2 is 2.10 bits per heavy atom. The third kappa shape index (κ3) is 4.55. The fourth-order valence-corrected chi connectivity index (χ4v) is 2.95. The van der Waals surface area contributed by atoms with Gasteiger partial charge in [-0.15, -0.1) is 0 Å². The highest BCUT2D eigenvalue weighted by Gasteiger charge is 2.33. The summed E-state index contributed by atoms with van der Waals surface area (Å²) < 4.78 is 5.83. The van der Waals surface area contributed by atoms with Crippen LogP contribution in [0.2, 0.25) is 0 Å². The minimum Gasteiger partial charge on any atom is -0.369 e. The van der Waals surface area contributed by atoms with Gasteiger partial charge in [0.1, 0.15) is 0 Å². The zero-order valence-electron chi connectivity index (χ0n) is 13.2. The Morgan fingerprint density at radius 3 is 2.71 bits per heavy atom. The molecule has 1 aromatic rings. The van der Waals surface area contributed by atoms with Crippen LogP contribution < -0.4 is 5.73 Å². The molecule has 0 aliphatic carbocycles. The van der Waals surface area contributed by atoms with E-state index in [2.05, 4.69) is 0 Å². The molecule has 0 radical (unpaired) electrons. The molecule has 1 aliphatic heterocycles. The largest absolute Gasteiger partial charge is 0.369 e. The van der Waals surface area contributed by atoms with Gasteiger partial charge < -0.3 is 15.4 Å². The summed E-state index contributed by atoms with van der Waals surface area (Å²) in [6.07, 6.45) is 1.24. The summed E-state index contributed by atoms with van der Waals surface area (Å²) in [6.45, 7) is 7.38. The maximum Gasteiger partial charge on any atom is 0.222 e. The molecule has 21 heavy (non-hydrogen) atoms. The molecule has 1 amide bonds. The number of nitrogens with zero attached hydrogens (tertiary/aromatic N) is 1. The normalized spacial score (nSPS) is 22.9. The Hall–Kier alpha value is -1.39. The number of ether oxygens (including phenoxy) is 1. The van der Waals surface area contributed by atoms with Gasteiger partial charge in [0.25, 0.3) is 0 Å². The van der Waals surface area contributed by atoms with Crippen molar-refractivity contribution in [3.8, 4) is 0 Å².